The van der Waals surface area contributed by atoms with Crippen molar-refractivity contribution in [2.45, 2.75) is 32.6 Å². The topological polar surface area (TPSA) is 69.3 Å². The molecule has 2 aromatic rings. The normalized spacial score (nSPS) is 17.1. The highest BCUT2D eigenvalue weighted by Crippen LogP contribution is 2.22. The first-order valence-corrected chi connectivity index (χ1v) is 9.33. The number of aromatic amines is 1. The number of carbonyl (C=O) groups excluding carboxylic acids is 1. The number of anilines is 1. The van der Waals surface area contributed by atoms with Gasteiger partial charge in [0.05, 0.1) is 0 Å². The molecular weight excluding hydrogens is 328 g/mol. The fourth-order valence-electron chi connectivity index (χ4n) is 4.02. The van der Waals surface area contributed by atoms with E-state index < -0.39 is 0 Å². The number of pyridine rings is 2. The summed E-state index contributed by atoms with van der Waals surface area (Å²) in [6, 6.07) is 3.84. The number of aromatic nitrogens is 2. The third-order valence-corrected chi connectivity index (χ3v) is 5.43. The van der Waals surface area contributed by atoms with E-state index in [2.05, 4.69) is 21.8 Å². The second kappa shape index (κ2) is 6.94. The van der Waals surface area contributed by atoms with E-state index in [1.807, 2.05) is 23.2 Å². The minimum atomic E-state index is -0.248. The lowest BCUT2D eigenvalue weighted by Crippen LogP contribution is -2.38. The first-order chi connectivity index (χ1) is 12.6. The highest BCUT2D eigenvalue weighted by Gasteiger charge is 2.24. The molecule has 2 aromatic heterocycles. The zero-order valence-electron chi connectivity index (χ0n) is 15.1. The summed E-state index contributed by atoms with van der Waals surface area (Å²) < 4.78 is 0. The first-order valence-electron chi connectivity index (χ1n) is 9.33. The average molecular weight is 352 g/mol. The van der Waals surface area contributed by atoms with Gasteiger partial charge in [-0.2, -0.15) is 0 Å². The maximum atomic E-state index is 13.0. The van der Waals surface area contributed by atoms with Crippen molar-refractivity contribution in [2.24, 2.45) is 0 Å². The van der Waals surface area contributed by atoms with Crippen molar-refractivity contribution in [3.8, 4) is 0 Å². The number of nitrogens with one attached hydrogen (secondary N) is 1. The number of nitrogens with zero attached hydrogens (tertiary/aromatic N) is 3. The lowest BCUT2D eigenvalue weighted by Gasteiger charge is -2.25. The molecule has 0 bridgehead atoms. The molecule has 6 nitrogen and oxygen atoms in total. The number of hydrogen-bond acceptors (Lipinski definition) is 4. The number of aryl methyl sites for hydroxylation is 3. The molecular formula is C20H24N4O2. The van der Waals surface area contributed by atoms with Crippen LogP contribution in [0.2, 0.25) is 0 Å². The molecule has 1 aliphatic carbocycles. The van der Waals surface area contributed by atoms with Gasteiger partial charge in [0.25, 0.3) is 11.5 Å². The van der Waals surface area contributed by atoms with Crippen molar-refractivity contribution in [3.05, 3.63) is 57.3 Å². The molecule has 0 radical (unpaired) electrons. The molecule has 1 amide bonds. The summed E-state index contributed by atoms with van der Waals surface area (Å²) in [5.74, 6) is -0.144. The summed E-state index contributed by atoms with van der Waals surface area (Å²) in [6.07, 6.45) is 7.46. The van der Waals surface area contributed by atoms with Gasteiger partial charge >= 0.3 is 0 Å². The zero-order valence-corrected chi connectivity index (χ0v) is 15.1. The molecule has 6 heteroatoms. The summed E-state index contributed by atoms with van der Waals surface area (Å²) in [7, 11) is 0. The van der Waals surface area contributed by atoms with Gasteiger partial charge in [-0.05, 0) is 55.9 Å². The van der Waals surface area contributed by atoms with E-state index in [0.29, 0.717) is 18.7 Å². The van der Waals surface area contributed by atoms with Gasteiger partial charge in [-0.3, -0.25) is 14.6 Å². The fraction of sp³-hybridized carbons (Fsp3) is 0.450. The summed E-state index contributed by atoms with van der Waals surface area (Å²) >= 11 is 0. The molecule has 1 saturated heterocycles. The van der Waals surface area contributed by atoms with Crippen LogP contribution in [-0.2, 0) is 12.8 Å². The van der Waals surface area contributed by atoms with E-state index in [1.54, 1.807) is 6.20 Å². The highest BCUT2D eigenvalue weighted by atomic mass is 16.2. The molecule has 136 valence electrons. The van der Waals surface area contributed by atoms with Gasteiger partial charge in [-0.25, -0.2) is 0 Å². The smallest absolute Gasteiger partial charge is 0.261 e. The van der Waals surface area contributed by atoms with Crippen LogP contribution >= 0.6 is 0 Å². The molecule has 0 spiro atoms. The minimum absolute atomic E-state index is 0.144. The predicted molar refractivity (Wildman–Crippen MR) is 101 cm³/mol. The Hall–Kier alpha value is -2.63. The monoisotopic (exact) mass is 352 g/mol. The fourth-order valence-corrected chi connectivity index (χ4v) is 4.02. The Morgan fingerprint density at radius 1 is 1.15 bits per heavy atom. The summed E-state index contributed by atoms with van der Waals surface area (Å²) in [5.41, 5.74) is 4.48. The Morgan fingerprint density at radius 2 is 2.04 bits per heavy atom. The Labute approximate surface area is 152 Å². The standard InChI is InChI=1S/C20H24N4O2/c1-14-13-21-7-6-18(14)23-8-3-9-24(11-10-23)20(26)16-12-15-4-2-5-17(15)22-19(16)25/h6-7,12-13H,2-5,8-11H2,1H3,(H,22,25). The molecule has 1 fully saturated rings. The Morgan fingerprint density at radius 3 is 2.88 bits per heavy atom. The molecule has 3 heterocycles. The number of rotatable bonds is 2. The molecule has 26 heavy (non-hydrogen) atoms. The van der Waals surface area contributed by atoms with E-state index in [1.165, 1.54) is 5.69 Å². The van der Waals surface area contributed by atoms with Crippen LogP contribution in [-0.4, -0.2) is 47.0 Å². The van der Waals surface area contributed by atoms with Crippen LogP contribution in [0, 0.1) is 6.92 Å². The third kappa shape index (κ3) is 3.11. The van der Waals surface area contributed by atoms with Gasteiger partial charge in [0.1, 0.15) is 5.56 Å². The molecule has 0 atom stereocenters. The molecule has 1 N–H and O–H groups in total. The molecule has 1 aliphatic heterocycles. The molecule has 0 unspecified atom stereocenters. The SMILES string of the molecule is Cc1cnccc1N1CCCN(C(=O)c2cc3c([nH]c2=O)CCC3)CC1. The Kier molecular flexibility index (Phi) is 4.49. The largest absolute Gasteiger partial charge is 0.369 e. The van der Waals surface area contributed by atoms with Gasteiger partial charge in [0.15, 0.2) is 0 Å². The second-order valence-electron chi connectivity index (χ2n) is 7.16. The third-order valence-electron chi connectivity index (χ3n) is 5.43. The number of amides is 1. The van der Waals surface area contributed by atoms with E-state index in [0.717, 1.165) is 55.6 Å². The van der Waals surface area contributed by atoms with Gasteiger partial charge < -0.3 is 14.8 Å². The number of hydrogen-bond donors (Lipinski definition) is 1. The van der Waals surface area contributed by atoms with Gasteiger partial charge in [-0.15, -0.1) is 0 Å². The molecule has 4 rings (SSSR count). The first kappa shape index (κ1) is 16.8. The average Bonchev–Trinajstić information content (AvgIpc) is 2.95. The predicted octanol–water partition coefficient (Wildman–Crippen LogP) is 1.92. The van der Waals surface area contributed by atoms with E-state index >= 15 is 0 Å². The van der Waals surface area contributed by atoms with Gasteiger partial charge in [-0.1, -0.05) is 0 Å². The molecule has 2 aliphatic rings. The maximum Gasteiger partial charge on any atom is 0.261 e. The van der Waals surface area contributed by atoms with Crippen LogP contribution in [0.1, 0.15) is 40.0 Å². The van der Waals surface area contributed by atoms with Crippen LogP contribution in [0.3, 0.4) is 0 Å². The van der Waals surface area contributed by atoms with Crippen LogP contribution in [0.4, 0.5) is 5.69 Å². The van der Waals surface area contributed by atoms with Crippen LogP contribution in [0.25, 0.3) is 0 Å². The summed E-state index contributed by atoms with van der Waals surface area (Å²) in [4.78, 5) is 36.5. The minimum Gasteiger partial charge on any atom is -0.369 e. The van der Waals surface area contributed by atoms with E-state index in [-0.39, 0.29) is 11.5 Å². The van der Waals surface area contributed by atoms with Gasteiger partial charge in [0, 0.05) is 50.0 Å². The summed E-state index contributed by atoms with van der Waals surface area (Å²) in [6.45, 7) is 5.02. The molecule has 0 saturated carbocycles. The Bertz CT molecular complexity index is 890. The van der Waals surface area contributed by atoms with E-state index in [4.69, 9.17) is 0 Å². The number of carbonyl (C=O) groups is 1. The lowest BCUT2D eigenvalue weighted by molar-refractivity contribution is 0.0765. The van der Waals surface area contributed by atoms with Crippen LogP contribution < -0.4 is 10.5 Å². The van der Waals surface area contributed by atoms with Crippen molar-refractivity contribution in [1.29, 1.82) is 0 Å². The van der Waals surface area contributed by atoms with Crippen molar-refractivity contribution in [3.63, 3.8) is 0 Å². The van der Waals surface area contributed by atoms with Gasteiger partial charge in [0.2, 0.25) is 0 Å². The van der Waals surface area contributed by atoms with Crippen molar-refractivity contribution < 1.29 is 4.79 Å². The highest BCUT2D eigenvalue weighted by molar-refractivity contribution is 5.94. The van der Waals surface area contributed by atoms with Crippen molar-refractivity contribution in [2.75, 3.05) is 31.1 Å². The second-order valence-corrected chi connectivity index (χ2v) is 7.16. The maximum absolute atomic E-state index is 13.0. The lowest BCUT2D eigenvalue weighted by atomic mass is 10.1. The summed E-state index contributed by atoms with van der Waals surface area (Å²) in [5, 5.41) is 0. The van der Waals surface area contributed by atoms with Crippen LogP contribution in [0.15, 0.2) is 29.3 Å². The number of H-pyrrole nitrogens is 1. The van der Waals surface area contributed by atoms with Crippen molar-refractivity contribution in [1.82, 2.24) is 14.9 Å². The number of fused-ring (bicyclic) bond motifs is 1. The van der Waals surface area contributed by atoms with Crippen LogP contribution in [0.5, 0.6) is 0 Å². The van der Waals surface area contributed by atoms with E-state index in [9.17, 15) is 9.59 Å². The molecule has 0 aromatic carbocycles. The zero-order chi connectivity index (χ0) is 18.1. The Balaban J connectivity index is 1.52. The quantitative estimate of drug-likeness (QED) is 0.897. The van der Waals surface area contributed by atoms with Crippen molar-refractivity contribution >= 4 is 11.6 Å².